The molecule has 0 aliphatic heterocycles. The number of rotatable bonds is 4. The van der Waals surface area contributed by atoms with E-state index in [-0.39, 0.29) is 0 Å². The fraction of sp³-hybridized carbons (Fsp3) is 0.750. The van der Waals surface area contributed by atoms with Gasteiger partial charge in [-0.3, -0.25) is 0 Å². The van der Waals surface area contributed by atoms with Gasteiger partial charge in [-0.2, -0.15) is 0 Å². The Bertz CT molecular complexity index is 1600. The number of allylic oxidation sites excluding steroid dienone is 8. The van der Waals surface area contributed by atoms with E-state index >= 15 is 0 Å². The van der Waals surface area contributed by atoms with E-state index in [1.54, 1.807) is 103 Å². The first-order chi connectivity index (χ1) is 63.9. The quantitative estimate of drug-likeness (QED) is 0.191. The van der Waals surface area contributed by atoms with Crippen LogP contribution in [0.4, 0.5) is 0 Å². The molecule has 9 fully saturated rings. The lowest BCUT2D eigenvalue weighted by Crippen LogP contribution is -2.20. The van der Waals surface area contributed by atoms with Crippen molar-refractivity contribution in [2.75, 3.05) is 0 Å². The highest BCUT2D eigenvalue weighted by Gasteiger charge is 2.28. The molecule has 15 rings (SSSR count). The van der Waals surface area contributed by atoms with Crippen LogP contribution in [0.2, 0.25) is 0 Å². The maximum Gasteiger partial charge on any atom is -0.0163 e. The van der Waals surface area contributed by atoms with Gasteiger partial charge in [0.15, 0.2) is 0 Å². The van der Waals surface area contributed by atoms with Crippen LogP contribution in [0, 0.1) is 47.3 Å². The lowest BCUT2D eigenvalue weighted by Gasteiger charge is -2.32. The summed E-state index contributed by atoms with van der Waals surface area (Å²) in [6.07, 6.45) is 89.6. The lowest BCUT2D eigenvalue weighted by molar-refractivity contribution is 0.196. The summed E-state index contributed by atoms with van der Waals surface area (Å²) in [4.78, 5) is 0. The molecule has 0 unspecified atom stereocenters. The van der Waals surface area contributed by atoms with Crippen molar-refractivity contribution >= 4 is 0 Å². The van der Waals surface area contributed by atoms with Gasteiger partial charge in [-0.05, 0) is 60.2 Å². The van der Waals surface area contributed by atoms with Gasteiger partial charge >= 0.3 is 0 Å². The monoisotopic (exact) mass is 1790 g/mol. The summed E-state index contributed by atoms with van der Waals surface area (Å²) in [7, 11) is 0. The van der Waals surface area contributed by atoms with Crippen molar-refractivity contribution in [1.82, 2.24) is 0 Å². The van der Waals surface area contributed by atoms with E-state index < -0.39 is 0 Å². The van der Waals surface area contributed by atoms with Gasteiger partial charge in [0.2, 0.25) is 0 Å². The highest BCUT2D eigenvalue weighted by molar-refractivity contribution is 5.12. The van der Waals surface area contributed by atoms with E-state index in [9.17, 15) is 0 Å². The van der Waals surface area contributed by atoms with Crippen LogP contribution in [0.15, 0.2) is 194 Å². The Balaban J connectivity index is -0.0000000747. The molecule has 0 aromatic heterocycles. The average molecular weight is 1800 g/mol. The number of hydrogen-bond acceptors (Lipinski definition) is 0. The minimum Gasteiger partial charge on any atom is -0.0808 e. The molecule has 128 heavy (non-hydrogen) atoms. The third kappa shape index (κ3) is 133. The summed E-state index contributed by atoms with van der Waals surface area (Å²) in [5.41, 5.74) is 0. The van der Waals surface area contributed by atoms with E-state index in [1.807, 2.05) is 423 Å². The van der Waals surface area contributed by atoms with Gasteiger partial charge in [-0.25, -0.2) is 0 Å². The first-order valence-electron chi connectivity index (χ1n) is 58.5. The van der Waals surface area contributed by atoms with Crippen molar-refractivity contribution in [3.63, 3.8) is 0 Å². The van der Waals surface area contributed by atoms with Crippen LogP contribution in [0.5, 0.6) is 0 Å². The lowest BCUT2D eigenvalue weighted by atomic mass is 9.73. The second kappa shape index (κ2) is 183. The molecule has 11 aliphatic rings. The molecule has 0 spiro atoms. The van der Waals surface area contributed by atoms with Crippen molar-refractivity contribution in [2.24, 2.45) is 47.3 Å². The average Bonchev–Trinajstić information content (AvgIpc) is 1.14. The van der Waals surface area contributed by atoms with Crippen LogP contribution in [0.25, 0.3) is 0 Å². The number of benzene rings is 4. The highest BCUT2D eigenvalue weighted by atomic mass is 14.3. The summed E-state index contributed by atoms with van der Waals surface area (Å²) in [6, 6.07) is 48.0. The second-order valence-corrected chi connectivity index (χ2v) is 28.1. The Kier molecular flexibility index (Phi) is 230. The summed E-state index contributed by atoms with van der Waals surface area (Å²) < 4.78 is 0. The molecule has 0 bridgehead atoms. The molecule has 0 nitrogen and oxygen atoms in total. The first-order valence-corrected chi connectivity index (χ1v) is 58.5. The van der Waals surface area contributed by atoms with Gasteiger partial charge in [0.25, 0.3) is 0 Å². The molecule has 0 N–H and O–H groups in total. The van der Waals surface area contributed by atoms with Crippen molar-refractivity contribution < 1.29 is 0 Å². The largest absolute Gasteiger partial charge is 0.0808 e. The van der Waals surface area contributed by atoms with Crippen molar-refractivity contribution in [3.8, 4) is 0 Å². The van der Waals surface area contributed by atoms with Crippen LogP contribution in [-0.2, 0) is 0 Å². The van der Waals surface area contributed by atoms with E-state index in [2.05, 4.69) is 48.6 Å². The minimum absolute atomic E-state index is 1.14. The Morgan fingerprint density at radius 3 is 0.211 bits per heavy atom. The molecule has 0 saturated heterocycles. The Labute approximate surface area is 821 Å². The van der Waals surface area contributed by atoms with Crippen molar-refractivity contribution in [1.29, 1.82) is 0 Å². The zero-order chi connectivity index (χ0) is 101. The molecule has 0 atom stereocenters. The Hall–Kier alpha value is -4.16. The first kappa shape index (κ1) is 161. The summed E-state index contributed by atoms with van der Waals surface area (Å²) in [5.74, 6) is 9.10. The third-order valence-electron chi connectivity index (χ3n) is 21.3. The molecule has 4 aromatic rings. The van der Waals surface area contributed by atoms with Gasteiger partial charge in [0.05, 0.1) is 0 Å². The van der Waals surface area contributed by atoms with Gasteiger partial charge in [-0.1, -0.05) is 767 Å². The van der Waals surface area contributed by atoms with Gasteiger partial charge in [0, 0.05) is 0 Å². The SMILES string of the molecule is C1=CCC=C1.C1=CCC=C1.C1CCC(C2CCCCC2)CC1.C1CCC(C2CCCCC2)CC1.C1CCC(C2CCCCC2)CC1.C1CCC(C2CCCCC2)CC1.C1CCCCC1.CC.CC.CC.CC.CC.CC.CC.CC.CC.CC.CC.CC.CC.CC.CC.CC.CC.CC.CC.CC.c1ccccc1.c1ccccc1.c1ccccc1.c1ccccc1. The maximum atomic E-state index is 2.12. The fourth-order valence-corrected chi connectivity index (χ4v) is 16.2. The molecule has 0 amide bonds. The molecule has 4 aromatic carbocycles. The Morgan fingerprint density at radius 2 is 0.156 bits per heavy atom. The van der Waals surface area contributed by atoms with Crippen LogP contribution in [0.1, 0.15) is 585 Å². The molecule has 0 heterocycles. The van der Waals surface area contributed by atoms with Crippen molar-refractivity contribution in [2.45, 2.75) is 585 Å². The van der Waals surface area contributed by atoms with Gasteiger partial charge in [0.1, 0.15) is 0 Å². The normalized spacial score (nSPS) is 15.8. The van der Waals surface area contributed by atoms with E-state index in [1.165, 1.54) is 193 Å². The second-order valence-electron chi connectivity index (χ2n) is 28.1. The maximum absolute atomic E-state index is 2.12. The molecular weight excluding hydrogens is 1540 g/mol. The van der Waals surface area contributed by atoms with E-state index in [0.29, 0.717) is 0 Å². The van der Waals surface area contributed by atoms with Crippen LogP contribution >= 0.6 is 0 Å². The molecule has 9 saturated carbocycles. The highest BCUT2D eigenvalue weighted by Crippen LogP contribution is 2.41. The zero-order valence-corrected chi connectivity index (χ0v) is 97.0. The molecular formula is C128H256. The molecule has 0 heteroatoms. The van der Waals surface area contributed by atoms with Gasteiger partial charge < -0.3 is 0 Å². The zero-order valence-electron chi connectivity index (χ0n) is 97.0. The standard InChI is InChI=1S/4C12H22.C6H12.4C6H6.2C5H6.20C2H6/c4*1-3-7-11(8-4-1)12-9-5-2-6-10-12;5*1-2-4-6-5-3-1;2*1-2-4-5-3-1;20*1-2/h4*11-12H,1-10H2;1-6H2;4*1-6H;2*1-4H,5H2;20*1-2H3. The predicted molar refractivity (Wildman–Crippen MR) is 619 cm³/mol. The van der Waals surface area contributed by atoms with E-state index in [4.69, 9.17) is 0 Å². The molecule has 11 aliphatic carbocycles. The summed E-state index contributed by atoms with van der Waals surface area (Å²) in [6.45, 7) is 80.0. The van der Waals surface area contributed by atoms with Crippen LogP contribution in [-0.4, -0.2) is 0 Å². The minimum atomic E-state index is 1.14. The van der Waals surface area contributed by atoms with Gasteiger partial charge in [-0.15, -0.1) is 0 Å². The topological polar surface area (TPSA) is 0 Å². The summed E-state index contributed by atoms with van der Waals surface area (Å²) in [5, 5.41) is 0. The summed E-state index contributed by atoms with van der Waals surface area (Å²) >= 11 is 0. The van der Waals surface area contributed by atoms with Crippen LogP contribution < -0.4 is 0 Å². The smallest absolute Gasteiger partial charge is 0.0163 e. The molecule has 768 valence electrons. The van der Waals surface area contributed by atoms with Crippen LogP contribution in [0.3, 0.4) is 0 Å². The predicted octanol–water partition coefficient (Wildman–Crippen LogP) is 49.2. The molecule has 0 radical (unpaired) electrons. The fourth-order valence-electron chi connectivity index (χ4n) is 16.2. The van der Waals surface area contributed by atoms with Crippen molar-refractivity contribution in [3.05, 3.63) is 194 Å². The number of hydrogen-bond donors (Lipinski definition) is 0. The third-order valence-corrected chi connectivity index (χ3v) is 21.3. The Morgan fingerprint density at radius 1 is 0.0938 bits per heavy atom. The van der Waals surface area contributed by atoms with E-state index in [0.717, 1.165) is 60.2 Å².